The van der Waals surface area contributed by atoms with Crippen molar-refractivity contribution in [1.29, 1.82) is 0 Å². The van der Waals surface area contributed by atoms with Crippen molar-refractivity contribution in [2.24, 2.45) is 0 Å². The summed E-state index contributed by atoms with van der Waals surface area (Å²) in [6.07, 6.45) is 1.15. The quantitative estimate of drug-likeness (QED) is 0.909. The van der Waals surface area contributed by atoms with Gasteiger partial charge in [-0.1, -0.05) is 36.2 Å². The summed E-state index contributed by atoms with van der Waals surface area (Å²) in [5.41, 5.74) is 1.30. The van der Waals surface area contributed by atoms with E-state index < -0.39 is 0 Å². The molecule has 1 heterocycles. The second-order valence-electron chi connectivity index (χ2n) is 5.91. The first-order valence-electron chi connectivity index (χ1n) is 6.84. The molecule has 1 saturated heterocycles. The van der Waals surface area contributed by atoms with Crippen LogP contribution >= 0.6 is 23.2 Å². The molecule has 1 atom stereocenters. The van der Waals surface area contributed by atoms with Crippen LogP contribution in [0.4, 0.5) is 0 Å². The zero-order valence-corrected chi connectivity index (χ0v) is 13.4. The monoisotopic (exact) mass is 300 g/mol. The number of rotatable bonds is 3. The molecule has 1 aliphatic rings. The first-order valence-corrected chi connectivity index (χ1v) is 7.60. The highest BCUT2D eigenvalue weighted by Gasteiger charge is 2.33. The third-order valence-corrected chi connectivity index (χ3v) is 4.58. The molecule has 0 saturated carbocycles. The molecule has 2 rings (SSSR count). The van der Waals surface area contributed by atoms with Crippen LogP contribution in [0.1, 0.15) is 32.8 Å². The van der Waals surface area contributed by atoms with Gasteiger partial charge in [0.1, 0.15) is 0 Å². The van der Waals surface area contributed by atoms with Gasteiger partial charge < -0.3 is 5.32 Å². The van der Waals surface area contributed by atoms with E-state index in [-0.39, 0.29) is 5.54 Å². The highest BCUT2D eigenvalue weighted by molar-refractivity contribution is 6.35. The van der Waals surface area contributed by atoms with Crippen LogP contribution in [0.25, 0.3) is 0 Å². The SMILES string of the molecule is CCC1CN(Cc2ccc(Cl)cc2Cl)C(C)(C)CN1. The van der Waals surface area contributed by atoms with E-state index in [2.05, 4.69) is 31.0 Å². The first kappa shape index (κ1) is 15.1. The molecule has 106 valence electrons. The van der Waals surface area contributed by atoms with Crippen molar-refractivity contribution in [2.75, 3.05) is 13.1 Å². The number of piperazine rings is 1. The zero-order chi connectivity index (χ0) is 14.0. The number of benzene rings is 1. The molecule has 0 bridgehead atoms. The van der Waals surface area contributed by atoms with E-state index in [9.17, 15) is 0 Å². The molecule has 1 aromatic carbocycles. The van der Waals surface area contributed by atoms with Gasteiger partial charge in [0, 0.05) is 41.3 Å². The second kappa shape index (κ2) is 6.01. The predicted molar refractivity (Wildman–Crippen MR) is 83.0 cm³/mol. The third kappa shape index (κ3) is 3.63. The average molecular weight is 301 g/mol. The Hall–Kier alpha value is -0.280. The van der Waals surface area contributed by atoms with Gasteiger partial charge in [-0.15, -0.1) is 0 Å². The van der Waals surface area contributed by atoms with Crippen LogP contribution in [0.5, 0.6) is 0 Å². The van der Waals surface area contributed by atoms with Gasteiger partial charge in [-0.05, 0) is 38.0 Å². The Morgan fingerprint density at radius 2 is 2.11 bits per heavy atom. The maximum Gasteiger partial charge on any atom is 0.0465 e. The van der Waals surface area contributed by atoms with Crippen molar-refractivity contribution < 1.29 is 0 Å². The molecule has 0 aromatic heterocycles. The van der Waals surface area contributed by atoms with Crippen LogP contribution in [-0.4, -0.2) is 29.6 Å². The number of halogens is 2. The number of nitrogens with one attached hydrogen (secondary N) is 1. The van der Waals surface area contributed by atoms with Crippen molar-refractivity contribution in [3.05, 3.63) is 33.8 Å². The van der Waals surface area contributed by atoms with Crippen LogP contribution in [0.3, 0.4) is 0 Å². The summed E-state index contributed by atoms with van der Waals surface area (Å²) in [6.45, 7) is 9.72. The Kier molecular flexibility index (Phi) is 4.78. The largest absolute Gasteiger partial charge is 0.311 e. The maximum absolute atomic E-state index is 6.29. The van der Waals surface area contributed by atoms with Crippen molar-refractivity contribution in [3.63, 3.8) is 0 Å². The van der Waals surface area contributed by atoms with Crippen LogP contribution in [0.15, 0.2) is 18.2 Å². The number of nitrogens with zero attached hydrogens (tertiary/aromatic N) is 1. The van der Waals surface area contributed by atoms with E-state index in [1.54, 1.807) is 0 Å². The second-order valence-corrected chi connectivity index (χ2v) is 6.76. The molecule has 1 aromatic rings. The van der Waals surface area contributed by atoms with Crippen LogP contribution in [-0.2, 0) is 6.54 Å². The standard InChI is InChI=1S/C15H22Cl2N2/c1-4-13-9-19(15(2,3)10-18-13)8-11-5-6-12(16)7-14(11)17/h5-7,13,18H,4,8-10H2,1-3H3. The van der Waals surface area contributed by atoms with Crippen molar-refractivity contribution in [1.82, 2.24) is 10.2 Å². The van der Waals surface area contributed by atoms with Crippen LogP contribution in [0, 0.1) is 0 Å². The van der Waals surface area contributed by atoms with Crippen LogP contribution < -0.4 is 5.32 Å². The third-order valence-electron chi connectivity index (χ3n) is 3.99. The Bertz CT molecular complexity index is 446. The fraction of sp³-hybridized carbons (Fsp3) is 0.600. The van der Waals surface area contributed by atoms with Gasteiger partial charge in [-0.3, -0.25) is 4.90 Å². The van der Waals surface area contributed by atoms with Crippen molar-refractivity contribution >= 4 is 23.2 Å². The molecule has 1 aliphatic heterocycles. The fourth-order valence-electron chi connectivity index (χ4n) is 2.49. The van der Waals surface area contributed by atoms with Crippen molar-refractivity contribution in [2.45, 2.75) is 45.3 Å². The lowest BCUT2D eigenvalue weighted by Gasteiger charge is -2.46. The smallest absolute Gasteiger partial charge is 0.0465 e. The molecular weight excluding hydrogens is 279 g/mol. The molecule has 0 amide bonds. The molecule has 4 heteroatoms. The van der Waals surface area contributed by atoms with Gasteiger partial charge in [-0.2, -0.15) is 0 Å². The molecule has 2 nitrogen and oxygen atoms in total. The minimum atomic E-state index is 0.147. The molecular formula is C15H22Cl2N2. The topological polar surface area (TPSA) is 15.3 Å². The van der Waals surface area contributed by atoms with Gasteiger partial charge in [0.2, 0.25) is 0 Å². The van der Waals surface area contributed by atoms with Gasteiger partial charge >= 0.3 is 0 Å². The molecule has 0 spiro atoms. The molecule has 0 radical (unpaired) electrons. The van der Waals surface area contributed by atoms with E-state index in [1.807, 2.05) is 18.2 Å². The summed E-state index contributed by atoms with van der Waals surface area (Å²) in [7, 11) is 0. The summed E-state index contributed by atoms with van der Waals surface area (Å²) < 4.78 is 0. The van der Waals surface area contributed by atoms with Crippen LogP contribution in [0.2, 0.25) is 10.0 Å². The van der Waals surface area contributed by atoms with Gasteiger partial charge in [0.25, 0.3) is 0 Å². The zero-order valence-electron chi connectivity index (χ0n) is 11.8. The summed E-state index contributed by atoms with van der Waals surface area (Å²) in [5.74, 6) is 0. The molecule has 1 unspecified atom stereocenters. The molecule has 1 N–H and O–H groups in total. The highest BCUT2D eigenvalue weighted by atomic mass is 35.5. The Morgan fingerprint density at radius 3 is 2.74 bits per heavy atom. The average Bonchev–Trinajstić information content (AvgIpc) is 2.34. The molecule has 1 fully saturated rings. The highest BCUT2D eigenvalue weighted by Crippen LogP contribution is 2.27. The number of hydrogen-bond acceptors (Lipinski definition) is 2. The minimum absolute atomic E-state index is 0.147. The molecule has 0 aliphatic carbocycles. The fourth-order valence-corrected chi connectivity index (χ4v) is 2.96. The van der Waals surface area contributed by atoms with Gasteiger partial charge in [-0.25, -0.2) is 0 Å². The van der Waals surface area contributed by atoms with E-state index in [1.165, 1.54) is 0 Å². The van der Waals surface area contributed by atoms with E-state index in [0.717, 1.165) is 36.6 Å². The first-order chi connectivity index (χ1) is 8.92. The summed E-state index contributed by atoms with van der Waals surface area (Å²) in [5, 5.41) is 5.06. The van der Waals surface area contributed by atoms with E-state index in [4.69, 9.17) is 23.2 Å². The summed E-state index contributed by atoms with van der Waals surface area (Å²) >= 11 is 12.2. The lowest BCUT2D eigenvalue weighted by molar-refractivity contribution is 0.0577. The lowest BCUT2D eigenvalue weighted by Crippen LogP contribution is -2.61. The summed E-state index contributed by atoms with van der Waals surface area (Å²) in [6, 6.07) is 6.34. The lowest BCUT2D eigenvalue weighted by atomic mass is 9.95. The van der Waals surface area contributed by atoms with Crippen molar-refractivity contribution in [3.8, 4) is 0 Å². The Balaban J connectivity index is 2.15. The minimum Gasteiger partial charge on any atom is -0.311 e. The number of hydrogen-bond donors (Lipinski definition) is 1. The van der Waals surface area contributed by atoms with E-state index in [0.29, 0.717) is 11.1 Å². The van der Waals surface area contributed by atoms with E-state index >= 15 is 0 Å². The summed E-state index contributed by atoms with van der Waals surface area (Å²) in [4.78, 5) is 2.51. The van der Waals surface area contributed by atoms with Gasteiger partial charge in [0.15, 0.2) is 0 Å². The molecule has 19 heavy (non-hydrogen) atoms. The Morgan fingerprint density at radius 1 is 1.37 bits per heavy atom. The van der Waals surface area contributed by atoms with Gasteiger partial charge in [0.05, 0.1) is 0 Å². The Labute approximate surface area is 126 Å². The maximum atomic E-state index is 6.29. The predicted octanol–water partition coefficient (Wildman–Crippen LogP) is 3.96. The normalized spacial score (nSPS) is 23.5.